The maximum Gasteiger partial charge on any atom is 0.262 e. The average molecular weight is 302 g/mol. The molecule has 1 amide bonds. The molecule has 1 aliphatic rings. The van der Waals surface area contributed by atoms with Gasteiger partial charge in [0, 0.05) is 32.7 Å². The molecule has 1 saturated heterocycles. The van der Waals surface area contributed by atoms with Gasteiger partial charge in [0.05, 0.1) is 5.02 Å². The first-order valence-corrected chi connectivity index (χ1v) is 7.89. The Hall–Kier alpha value is -0.620. The first kappa shape index (κ1) is 14.8. The van der Waals surface area contributed by atoms with E-state index in [4.69, 9.17) is 11.6 Å². The van der Waals surface area contributed by atoms with E-state index >= 15 is 0 Å². The van der Waals surface area contributed by atoms with Crippen LogP contribution in [0.5, 0.6) is 0 Å². The van der Waals surface area contributed by atoms with Crippen molar-refractivity contribution in [1.29, 1.82) is 0 Å². The van der Waals surface area contributed by atoms with E-state index < -0.39 is 0 Å². The summed E-state index contributed by atoms with van der Waals surface area (Å²) in [6, 6.07) is 0. The van der Waals surface area contributed by atoms with Crippen LogP contribution in [0.1, 0.15) is 21.7 Å². The van der Waals surface area contributed by atoms with Crippen molar-refractivity contribution >= 4 is 28.8 Å². The summed E-state index contributed by atoms with van der Waals surface area (Å²) in [7, 11) is 0. The fraction of sp³-hybridized carbons (Fsp3) is 0.615. The van der Waals surface area contributed by atoms with Gasteiger partial charge in [-0.2, -0.15) is 0 Å². The summed E-state index contributed by atoms with van der Waals surface area (Å²) in [5.41, 5.74) is 0.970. The molecule has 1 fully saturated rings. The van der Waals surface area contributed by atoms with Gasteiger partial charge in [-0.15, -0.1) is 11.3 Å². The van der Waals surface area contributed by atoms with Crippen molar-refractivity contribution in [2.24, 2.45) is 0 Å². The summed E-state index contributed by atoms with van der Waals surface area (Å²) in [5.74, 6) is -0.0524. The zero-order chi connectivity index (χ0) is 13.7. The Labute approximate surface area is 123 Å². The van der Waals surface area contributed by atoms with Crippen LogP contribution in [0.15, 0.2) is 5.38 Å². The molecule has 0 unspecified atom stereocenters. The molecule has 106 valence electrons. The Balaban J connectivity index is 1.68. The van der Waals surface area contributed by atoms with E-state index in [1.165, 1.54) is 11.3 Å². The second-order valence-electron chi connectivity index (χ2n) is 4.76. The molecule has 0 atom stereocenters. The molecule has 4 nitrogen and oxygen atoms in total. The Morgan fingerprint density at radius 3 is 2.89 bits per heavy atom. The van der Waals surface area contributed by atoms with Crippen molar-refractivity contribution in [3.63, 3.8) is 0 Å². The van der Waals surface area contributed by atoms with Crippen LogP contribution in [-0.2, 0) is 0 Å². The van der Waals surface area contributed by atoms with Crippen molar-refractivity contribution in [1.82, 2.24) is 15.5 Å². The summed E-state index contributed by atoms with van der Waals surface area (Å²) in [5, 5.41) is 8.77. The third kappa shape index (κ3) is 4.18. The minimum atomic E-state index is -0.0524. The van der Waals surface area contributed by atoms with E-state index in [1.807, 2.05) is 12.3 Å². The van der Waals surface area contributed by atoms with Gasteiger partial charge in [0.25, 0.3) is 5.91 Å². The van der Waals surface area contributed by atoms with E-state index in [-0.39, 0.29) is 5.91 Å². The van der Waals surface area contributed by atoms with Crippen LogP contribution in [0.2, 0.25) is 5.02 Å². The van der Waals surface area contributed by atoms with E-state index in [9.17, 15) is 4.79 Å². The summed E-state index contributed by atoms with van der Waals surface area (Å²) in [6.07, 6.45) is 0.980. The normalized spacial score (nSPS) is 16.5. The zero-order valence-corrected chi connectivity index (χ0v) is 12.7. The number of aryl methyl sites for hydroxylation is 1. The molecule has 1 aliphatic heterocycles. The zero-order valence-electron chi connectivity index (χ0n) is 11.2. The second-order valence-corrected chi connectivity index (χ2v) is 6.02. The molecule has 2 heterocycles. The van der Waals surface area contributed by atoms with Gasteiger partial charge in [-0.25, -0.2) is 0 Å². The summed E-state index contributed by atoms with van der Waals surface area (Å²) in [4.78, 5) is 15.0. The molecule has 0 bridgehead atoms. The Kier molecular flexibility index (Phi) is 5.63. The molecule has 1 aromatic heterocycles. The van der Waals surface area contributed by atoms with Gasteiger partial charge >= 0.3 is 0 Å². The molecule has 1 aromatic rings. The lowest BCUT2D eigenvalue weighted by Gasteiger charge is -2.27. The lowest BCUT2D eigenvalue weighted by Crippen LogP contribution is -2.44. The molecule has 0 spiro atoms. The standard InChI is InChI=1S/C13H20ClN3OS/c1-10-9-19-12(11(10)14)13(18)16-3-2-6-17-7-4-15-5-8-17/h9,15H,2-8H2,1H3,(H,16,18). The largest absolute Gasteiger partial charge is 0.351 e. The fourth-order valence-electron chi connectivity index (χ4n) is 2.10. The minimum absolute atomic E-state index is 0.0524. The van der Waals surface area contributed by atoms with Crippen LogP contribution in [0.25, 0.3) is 0 Å². The molecule has 2 N–H and O–H groups in total. The maximum absolute atomic E-state index is 11.9. The minimum Gasteiger partial charge on any atom is -0.351 e. The molecular weight excluding hydrogens is 282 g/mol. The number of nitrogens with one attached hydrogen (secondary N) is 2. The molecular formula is C13H20ClN3OS. The second kappa shape index (κ2) is 7.24. The Bertz CT molecular complexity index is 430. The number of halogens is 1. The highest BCUT2D eigenvalue weighted by Crippen LogP contribution is 2.26. The predicted molar refractivity (Wildman–Crippen MR) is 80.3 cm³/mol. The smallest absolute Gasteiger partial charge is 0.262 e. The number of rotatable bonds is 5. The molecule has 19 heavy (non-hydrogen) atoms. The number of nitrogens with zero attached hydrogens (tertiary/aromatic N) is 1. The van der Waals surface area contributed by atoms with Gasteiger partial charge in [0.2, 0.25) is 0 Å². The van der Waals surface area contributed by atoms with Crippen LogP contribution < -0.4 is 10.6 Å². The van der Waals surface area contributed by atoms with Gasteiger partial charge in [0.1, 0.15) is 4.88 Å². The van der Waals surface area contributed by atoms with Crippen LogP contribution >= 0.6 is 22.9 Å². The number of carbonyl (C=O) groups is 1. The lowest BCUT2D eigenvalue weighted by molar-refractivity contribution is 0.0955. The first-order valence-electron chi connectivity index (χ1n) is 6.63. The van der Waals surface area contributed by atoms with Gasteiger partial charge in [0.15, 0.2) is 0 Å². The van der Waals surface area contributed by atoms with Crippen molar-refractivity contribution in [3.05, 3.63) is 20.8 Å². The lowest BCUT2D eigenvalue weighted by atomic mass is 10.3. The summed E-state index contributed by atoms with van der Waals surface area (Å²) in [6.45, 7) is 8.00. The van der Waals surface area contributed by atoms with E-state index in [0.29, 0.717) is 16.4 Å². The Morgan fingerprint density at radius 2 is 2.26 bits per heavy atom. The molecule has 0 saturated carbocycles. The third-order valence-corrected chi connectivity index (χ3v) is 4.95. The highest BCUT2D eigenvalue weighted by Gasteiger charge is 2.14. The number of thiophene rings is 1. The number of carbonyl (C=O) groups excluding carboxylic acids is 1. The average Bonchev–Trinajstić information content (AvgIpc) is 2.76. The number of piperazine rings is 1. The maximum atomic E-state index is 11.9. The number of hydrogen-bond donors (Lipinski definition) is 2. The van der Waals surface area contributed by atoms with Crippen molar-refractivity contribution in [3.8, 4) is 0 Å². The third-order valence-electron chi connectivity index (χ3n) is 3.25. The first-order chi connectivity index (χ1) is 9.18. The van der Waals surface area contributed by atoms with E-state index in [2.05, 4.69) is 15.5 Å². The topological polar surface area (TPSA) is 44.4 Å². The van der Waals surface area contributed by atoms with E-state index in [0.717, 1.165) is 44.7 Å². The quantitative estimate of drug-likeness (QED) is 0.814. The molecule has 0 aromatic carbocycles. The van der Waals surface area contributed by atoms with E-state index in [1.54, 1.807) is 0 Å². The summed E-state index contributed by atoms with van der Waals surface area (Å²) >= 11 is 7.48. The van der Waals surface area contributed by atoms with Gasteiger partial charge < -0.3 is 15.5 Å². The van der Waals surface area contributed by atoms with Gasteiger partial charge in [-0.3, -0.25) is 4.79 Å². The highest BCUT2D eigenvalue weighted by molar-refractivity contribution is 7.13. The van der Waals surface area contributed by atoms with Crippen LogP contribution in [-0.4, -0.2) is 50.1 Å². The van der Waals surface area contributed by atoms with Gasteiger partial charge in [-0.1, -0.05) is 11.6 Å². The van der Waals surface area contributed by atoms with Crippen molar-refractivity contribution in [2.75, 3.05) is 39.3 Å². The fourth-order valence-corrected chi connectivity index (χ4v) is 3.30. The van der Waals surface area contributed by atoms with Crippen LogP contribution in [0, 0.1) is 6.92 Å². The van der Waals surface area contributed by atoms with Crippen molar-refractivity contribution in [2.45, 2.75) is 13.3 Å². The summed E-state index contributed by atoms with van der Waals surface area (Å²) < 4.78 is 0. The highest BCUT2D eigenvalue weighted by atomic mass is 35.5. The Morgan fingerprint density at radius 1 is 1.53 bits per heavy atom. The molecule has 2 rings (SSSR count). The van der Waals surface area contributed by atoms with Crippen LogP contribution in [0.4, 0.5) is 0 Å². The number of amides is 1. The van der Waals surface area contributed by atoms with Gasteiger partial charge in [-0.05, 0) is 30.8 Å². The molecule has 0 radical (unpaired) electrons. The monoisotopic (exact) mass is 301 g/mol. The SMILES string of the molecule is Cc1csc(C(=O)NCCCN2CCNCC2)c1Cl. The number of hydrogen-bond acceptors (Lipinski definition) is 4. The van der Waals surface area contributed by atoms with Crippen molar-refractivity contribution < 1.29 is 4.79 Å². The molecule has 6 heteroatoms. The molecule has 0 aliphatic carbocycles. The predicted octanol–water partition coefficient (Wildman–Crippen LogP) is 1.74. The van der Waals surface area contributed by atoms with Crippen LogP contribution in [0.3, 0.4) is 0 Å².